The minimum atomic E-state index is -6.20. The highest BCUT2D eigenvalue weighted by Crippen LogP contribution is 2.34. The number of halogens is 3. The number of carbonyl (C=O) groups is 2. The molecule has 6 nitrogen and oxygen atoms in total. The first-order chi connectivity index (χ1) is 13.6. The molecule has 0 saturated heterocycles. The van der Waals surface area contributed by atoms with Crippen LogP contribution in [0.25, 0.3) is 10.8 Å². The third-order valence-electron chi connectivity index (χ3n) is 4.20. The molecule has 0 saturated carbocycles. The third kappa shape index (κ3) is 4.04. The Morgan fingerprint density at radius 1 is 1.07 bits per heavy atom. The number of hydrogen-bond acceptors (Lipinski definition) is 5. The third-order valence-corrected chi connectivity index (χ3v) is 5.12. The average molecular weight is 441 g/mol. The molecule has 0 radical (unpaired) electrons. The maximum absolute atomic E-state index is 12.6. The van der Waals surface area contributed by atoms with Gasteiger partial charge in [0.15, 0.2) is 0 Å². The topological polar surface area (TPSA) is 80.8 Å². The summed E-state index contributed by atoms with van der Waals surface area (Å²) in [5, 5.41) is 0.269. The minimum absolute atomic E-state index is 0. The molecule has 3 rings (SSSR count). The minimum Gasteiger partial charge on any atom is -0.266 e. The average Bonchev–Trinajstić information content (AvgIpc) is 2.66. The van der Waals surface area contributed by atoms with Crippen LogP contribution in [0.2, 0.25) is 0 Å². The largest absolute Gasteiger partial charge is 0.525 e. The summed E-state index contributed by atoms with van der Waals surface area (Å²) in [5.41, 5.74) is -5.57. The highest BCUT2D eigenvalue weighted by atomic mass is 32.2. The molecule has 2 aromatic carbocycles. The Morgan fingerprint density at radius 2 is 1.70 bits per heavy atom. The van der Waals surface area contributed by atoms with Gasteiger partial charge in [-0.05, 0) is 30.0 Å². The number of rotatable bonds is 4. The van der Waals surface area contributed by atoms with Crippen LogP contribution in [-0.4, -0.2) is 30.8 Å². The molecule has 1 heterocycles. The van der Waals surface area contributed by atoms with E-state index in [1.165, 1.54) is 24.3 Å². The van der Waals surface area contributed by atoms with Crippen molar-refractivity contribution < 1.29 is 35.5 Å². The fourth-order valence-electron chi connectivity index (χ4n) is 2.81. The molecule has 2 aromatic rings. The van der Waals surface area contributed by atoms with E-state index >= 15 is 0 Å². The van der Waals surface area contributed by atoms with E-state index in [1.54, 1.807) is 6.07 Å². The zero-order valence-electron chi connectivity index (χ0n) is 15.0. The molecule has 1 aliphatic rings. The van der Waals surface area contributed by atoms with E-state index in [4.69, 9.17) is 0 Å². The number of amides is 2. The number of nitrogens with zero attached hydrogens (tertiary/aromatic N) is 1. The summed E-state index contributed by atoms with van der Waals surface area (Å²) in [4.78, 5) is 25.1. The molecular formula is C20H18F3NO5S. The maximum Gasteiger partial charge on any atom is 0.525 e. The van der Waals surface area contributed by atoms with Gasteiger partial charge in [0.25, 0.3) is 11.8 Å². The van der Waals surface area contributed by atoms with E-state index in [1.807, 2.05) is 6.92 Å². The van der Waals surface area contributed by atoms with Crippen molar-refractivity contribution in [3.63, 3.8) is 0 Å². The lowest BCUT2D eigenvalue weighted by Gasteiger charge is -2.25. The van der Waals surface area contributed by atoms with Gasteiger partial charge in [-0.2, -0.15) is 21.6 Å². The van der Waals surface area contributed by atoms with E-state index in [0.717, 1.165) is 12.8 Å². The van der Waals surface area contributed by atoms with E-state index in [2.05, 4.69) is 16.1 Å². The van der Waals surface area contributed by atoms with Crippen LogP contribution in [-0.2, 0) is 14.4 Å². The molecule has 0 aliphatic carbocycles. The molecule has 0 unspecified atom stereocenters. The van der Waals surface area contributed by atoms with Crippen molar-refractivity contribution in [3.05, 3.63) is 47.0 Å². The predicted molar refractivity (Wildman–Crippen MR) is 104 cm³/mol. The fraction of sp³-hybridized carbons (Fsp3) is 0.300. The standard InChI is InChI=1S/C19H14F3NO5S.CH4/c1-2-3-4-5-7-12-10-11-15-16-13(12)8-6-9-14(16)17(24)23(18(15)25)28-29(26,27)19(20,21)22;/h6,8-11H,2-4H2,1H3;1H4. The number of alkyl halides is 3. The smallest absolute Gasteiger partial charge is 0.266 e. The Morgan fingerprint density at radius 3 is 2.30 bits per heavy atom. The quantitative estimate of drug-likeness (QED) is 0.304. The highest BCUT2D eigenvalue weighted by molar-refractivity contribution is 7.87. The van der Waals surface area contributed by atoms with Gasteiger partial charge >= 0.3 is 15.6 Å². The van der Waals surface area contributed by atoms with Crippen molar-refractivity contribution in [1.82, 2.24) is 5.06 Å². The zero-order chi connectivity index (χ0) is 21.4. The van der Waals surface area contributed by atoms with Gasteiger partial charge < -0.3 is 0 Å². The molecule has 0 bridgehead atoms. The Kier molecular flexibility index (Phi) is 6.59. The maximum atomic E-state index is 12.6. The molecule has 0 N–H and O–H groups in total. The van der Waals surface area contributed by atoms with Crippen LogP contribution < -0.4 is 0 Å². The Hall–Kier alpha value is -2.90. The van der Waals surface area contributed by atoms with Crippen LogP contribution in [0.3, 0.4) is 0 Å². The van der Waals surface area contributed by atoms with Crippen LogP contribution >= 0.6 is 0 Å². The molecule has 160 valence electrons. The van der Waals surface area contributed by atoms with Crippen molar-refractivity contribution in [3.8, 4) is 11.8 Å². The lowest BCUT2D eigenvalue weighted by Crippen LogP contribution is -2.44. The van der Waals surface area contributed by atoms with Crippen molar-refractivity contribution >= 4 is 32.7 Å². The first-order valence-corrected chi connectivity index (χ1v) is 9.93. The lowest BCUT2D eigenvalue weighted by molar-refractivity contribution is -0.0761. The first-order valence-electron chi connectivity index (χ1n) is 8.52. The number of unbranched alkanes of at least 4 members (excludes halogenated alkanes) is 2. The van der Waals surface area contributed by atoms with Crippen LogP contribution in [0, 0.1) is 11.8 Å². The predicted octanol–water partition coefficient (Wildman–Crippen LogP) is 4.39. The number of imide groups is 1. The summed E-state index contributed by atoms with van der Waals surface area (Å²) in [5.74, 6) is 3.33. The van der Waals surface area contributed by atoms with Gasteiger partial charge in [0, 0.05) is 17.4 Å². The first kappa shape index (κ1) is 23.4. The number of hydroxylamine groups is 2. The van der Waals surface area contributed by atoms with E-state index in [-0.39, 0.29) is 29.0 Å². The summed E-state index contributed by atoms with van der Waals surface area (Å²) in [6.45, 7) is 2.02. The molecule has 0 atom stereocenters. The molecule has 1 aliphatic heterocycles. The molecule has 0 fully saturated rings. The number of benzene rings is 2. The van der Waals surface area contributed by atoms with E-state index in [9.17, 15) is 31.2 Å². The van der Waals surface area contributed by atoms with Crippen LogP contribution in [0.4, 0.5) is 13.2 Å². The fourth-order valence-corrected chi connectivity index (χ4v) is 3.23. The van der Waals surface area contributed by atoms with Crippen molar-refractivity contribution in [2.75, 3.05) is 0 Å². The van der Waals surface area contributed by atoms with Gasteiger partial charge in [0.1, 0.15) is 0 Å². The van der Waals surface area contributed by atoms with Gasteiger partial charge in [-0.25, -0.2) is 0 Å². The molecule has 0 aromatic heterocycles. The highest BCUT2D eigenvalue weighted by Gasteiger charge is 2.51. The van der Waals surface area contributed by atoms with Gasteiger partial charge in [0.05, 0.1) is 11.1 Å². The van der Waals surface area contributed by atoms with Crippen molar-refractivity contribution in [2.45, 2.75) is 39.1 Å². The summed E-state index contributed by atoms with van der Waals surface area (Å²) >= 11 is 0. The number of hydrogen-bond donors (Lipinski definition) is 0. The molecular weight excluding hydrogens is 423 g/mol. The normalized spacial score (nSPS) is 13.7. The second-order valence-electron chi connectivity index (χ2n) is 6.17. The second-order valence-corrected chi connectivity index (χ2v) is 7.69. The summed E-state index contributed by atoms with van der Waals surface area (Å²) in [6, 6.07) is 7.12. The van der Waals surface area contributed by atoms with E-state index in [0.29, 0.717) is 17.4 Å². The van der Waals surface area contributed by atoms with Gasteiger partial charge in [0.2, 0.25) is 0 Å². The molecule has 2 amide bonds. The van der Waals surface area contributed by atoms with Gasteiger partial charge in [-0.15, -0.1) is 9.35 Å². The lowest BCUT2D eigenvalue weighted by atomic mass is 9.92. The number of carbonyl (C=O) groups excluding carboxylic acids is 2. The zero-order valence-corrected chi connectivity index (χ0v) is 15.9. The van der Waals surface area contributed by atoms with Crippen molar-refractivity contribution in [1.29, 1.82) is 0 Å². The van der Waals surface area contributed by atoms with Crippen LogP contribution in [0.5, 0.6) is 0 Å². The van der Waals surface area contributed by atoms with Gasteiger partial charge in [-0.1, -0.05) is 44.7 Å². The summed E-state index contributed by atoms with van der Waals surface area (Å²) < 4.78 is 64.2. The van der Waals surface area contributed by atoms with Crippen molar-refractivity contribution in [2.24, 2.45) is 0 Å². The van der Waals surface area contributed by atoms with Crippen LogP contribution in [0.15, 0.2) is 30.3 Å². The second kappa shape index (κ2) is 8.45. The Bertz CT molecular complexity index is 1150. The Labute approximate surface area is 171 Å². The summed E-state index contributed by atoms with van der Waals surface area (Å²) in [6.07, 6.45) is 2.54. The Balaban J connectivity index is 0.00000320. The van der Waals surface area contributed by atoms with Crippen LogP contribution in [0.1, 0.15) is 59.9 Å². The van der Waals surface area contributed by atoms with Gasteiger partial charge in [-0.3, -0.25) is 9.59 Å². The molecule has 0 spiro atoms. The summed E-state index contributed by atoms with van der Waals surface area (Å²) in [7, 11) is -6.20. The SMILES string of the molecule is C.CCCCC#Cc1ccc2c3c(cccc13)C(=O)N(OS(=O)(=O)C(F)(F)F)C2=O. The molecule has 10 heteroatoms. The van der Waals surface area contributed by atoms with E-state index < -0.39 is 27.4 Å². The molecule has 30 heavy (non-hydrogen) atoms. The monoisotopic (exact) mass is 441 g/mol.